The highest BCUT2D eigenvalue weighted by Crippen LogP contribution is 2.20. The van der Waals surface area contributed by atoms with Gasteiger partial charge in [-0.2, -0.15) is 0 Å². The lowest BCUT2D eigenvalue weighted by Gasteiger charge is -2.30. The molecule has 4 atom stereocenters. The van der Waals surface area contributed by atoms with Gasteiger partial charge in [-0.15, -0.1) is 35.1 Å². The molecule has 4 aromatic rings. The lowest BCUT2D eigenvalue weighted by atomic mass is 9.93. The number of carbonyl (C=O) groups excluding carboxylic acids is 3. The molecule has 51 heavy (non-hydrogen) atoms. The Kier molecular flexibility index (Phi) is 16.8. The summed E-state index contributed by atoms with van der Waals surface area (Å²) in [5, 5.41) is 23.5. The van der Waals surface area contributed by atoms with Crippen molar-refractivity contribution in [2.45, 2.75) is 90.3 Å². The first-order chi connectivity index (χ1) is 24.0. The molecule has 0 saturated carbocycles. The van der Waals surface area contributed by atoms with Crippen LogP contribution in [-0.2, 0) is 35.5 Å². The van der Waals surface area contributed by atoms with E-state index in [0.29, 0.717) is 25.3 Å². The van der Waals surface area contributed by atoms with Crippen molar-refractivity contribution in [1.82, 2.24) is 30.8 Å². The number of thiazole rings is 2. The van der Waals surface area contributed by atoms with Crippen LogP contribution in [0, 0.1) is 5.92 Å². The van der Waals surface area contributed by atoms with E-state index in [1.807, 2.05) is 79.9 Å². The molecule has 4 unspecified atom stereocenters. The topological polar surface area (TPSA) is 146 Å². The number of benzene rings is 2. The number of alkyl carbamates (subject to hydrolysis) is 1. The molecule has 0 aliphatic rings. The summed E-state index contributed by atoms with van der Waals surface area (Å²) in [6.45, 7) is 8.28. The lowest BCUT2D eigenvalue weighted by Crippen LogP contribution is -2.55. The summed E-state index contributed by atoms with van der Waals surface area (Å²) in [5.74, 6) is -0.277. The fourth-order valence-electron chi connectivity index (χ4n) is 5.39. The number of aromatic nitrogens is 2. The van der Waals surface area contributed by atoms with Gasteiger partial charge in [-0.1, -0.05) is 88.4 Å². The van der Waals surface area contributed by atoms with Crippen LogP contribution >= 0.6 is 35.1 Å². The summed E-state index contributed by atoms with van der Waals surface area (Å²) < 4.78 is 5.42. The van der Waals surface area contributed by atoms with Crippen LogP contribution in [0.2, 0.25) is 0 Å². The minimum Gasteiger partial charge on any atom is -0.444 e. The van der Waals surface area contributed by atoms with E-state index in [1.165, 1.54) is 16.2 Å². The van der Waals surface area contributed by atoms with Crippen molar-refractivity contribution in [3.63, 3.8) is 0 Å². The first-order valence-corrected chi connectivity index (χ1v) is 18.6. The predicted molar refractivity (Wildman–Crippen MR) is 204 cm³/mol. The monoisotopic (exact) mass is 756 g/mol. The molecular weight excluding hydrogens is 708 g/mol. The van der Waals surface area contributed by atoms with E-state index >= 15 is 0 Å². The molecule has 0 saturated heterocycles. The molecule has 0 aliphatic heterocycles. The summed E-state index contributed by atoms with van der Waals surface area (Å²) in [5.41, 5.74) is 4.35. The molecule has 4 N–H and O–H groups in total. The average Bonchev–Trinajstić information content (AvgIpc) is 3.79. The first kappa shape index (κ1) is 41.4. The average molecular weight is 757 g/mol. The molecule has 2 heterocycles. The van der Waals surface area contributed by atoms with Gasteiger partial charge in [-0.05, 0) is 36.3 Å². The van der Waals surface area contributed by atoms with Crippen LogP contribution < -0.4 is 16.0 Å². The quantitative estimate of drug-likeness (QED) is 0.0986. The number of urea groups is 1. The number of carbonyl (C=O) groups is 3. The van der Waals surface area contributed by atoms with Crippen LogP contribution in [0.5, 0.6) is 0 Å². The minimum absolute atomic E-state index is 0. The number of hydrogen-bond acceptors (Lipinski definition) is 9. The molecule has 0 bridgehead atoms. The normalized spacial score (nSPS) is 13.4. The van der Waals surface area contributed by atoms with E-state index in [1.54, 1.807) is 30.1 Å². The summed E-state index contributed by atoms with van der Waals surface area (Å²) in [6, 6.07) is 16.8. The summed E-state index contributed by atoms with van der Waals surface area (Å²) in [7, 11) is 1.68. The van der Waals surface area contributed by atoms with Crippen LogP contribution in [-0.4, -0.2) is 69.3 Å². The zero-order valence-electron chi connectivity index (χ0n) is 29.7. The van der Waals surface area contributed by atoms with Crippen LogP contribution in [0.4, 0.5) is 9.59 Å². The number of nitrogens with zero attached hydrogens (tertiary/aromatic N) is 3. The molecule has 0 radical (unpaired) electrons. The number of amides is 4. The highest BCUT2D eigenvalue weighted by Gasteiger charge is 2.31. The van der Waals surface area contributed by atoms with Gasteiger partial charge in [0.1, 0.15) is 12.6 Å². The van der Waals surface area contributed by atoms with Crippen molar-refractivity contribution in [2.75, 3.05) is 7.05 Å². The Morgan fingerprint density at radius 1 is 0.902 bits per heavy atom. The summed E-state index contributed by atoms with van der Waals surface area (Å²) in [6.07, 6.45) is 0.836. The van der Waals surface area contributed by atoms with Crippen molar-refractivity contribution in [3.8, 4) is 0 Å². The fraction of sp³-hybridized carbons (Fsp3) is 0.432. The van der Waals surface area contributed by atoms with Crippen molar-refractivity contribution in [1.29, 1.82) is 0 Å². The fourth-order valence-corrected chi connectivity index (χ4v) is 6.72. The van der Waals surface area contributed by atoms with Gasteiger partial charge in [0.05, 0.1) is 39.8 Å². The molecule has 2 aromatic carbocycles. The van der Waals surface area contributed by atoms with Crippen molar-refractivity contribution in [3.05, 3.63) is 104 Å². The van der Waals surface area contributed by atoms with Crippen LogP contribution in [0.25, 0.3) is 0 Å². The third-order valence-corrected chi connectivity index (χ3v) is 10.1. The number of halogens is 1. The van der Waals surface area contributed by atoms with Gasteiger partial charge in [0, 0.05) is 30.6 Å². The third-order valence-electron chi connectivity index (χ3n) is 8.13. The van der Waals surface area contributed by atoms with Crippen LogP contribution in [0.1, 0.15) is 66.7 Å². The predicted octanol–water partition coefficient (Wildman–Crippen LogP) is 6.33. The van der Waals surface area contributed by atoms with Crippen molar-refractivity contribution in [2.24, 2.45) is 5.92 Å². The van der Waals surface area contributed by atoms with Gasteiger partial charge < -0.3 is 30.7 Å². The van der Waals surface area contributed by atoms with Gasteiger partial charge in [-0.3, -0.25) is 9.78 Å². The van der Waals surface area contributed by atoms with E-state index in [2.05, 4.69) is 39.8 Å². The Labute approximate surface area is 314 Å². The van der Waals surface area contributed by atoms with E-state index in [0.717, 1.165) is 26.7 Å². The van der Waals surface area contributed by atoms with Gasteiger partial charge in [0.25, 0.3) is 0 Å². The highest BCUT2D eigenvalue weighted by molar-refractivity contribution is 7.09. The Bertz CT molecular complexity index is 1620. The van der Waals surface area contributed by atoms with Gasteiger partial charge in [0.2, 0.25) is 5.91 Å². The molecule has 4 rings (SSSR count). The van der Waals surface area contributed by atoms with Crippen LogP contribution in [0.15, 0.2) is 77.8 Å². The Balaban J connectivity index is 0.00000702. The second-order valence-electron chi connectivity index (χ2n) is 13.0. The molecule has 14 heteroatoms. The Hall–Kier alpha value is -4.04. The van der Waals surface area contributed by atoms with E-state index in [9.17, 15) is 19.5 Å². The van der Waals surface area contributed by atoms with Gasteiger partial charge in [0.15, 0.2) is 0 Å². The largest absolute Gasteiger partial charge is 0.444 e. The highest BCUT2D eigenvalue weighted by atomic mass is 35.5. The number of rotatable bonds is 17. The molecule has 0 fully saturated rings. The molecular formula is C37H49ClN6O5S2. The van der Waals surface area contributed by atoms with Crippen molar-refractivity contribution >= 4 is 53.1 Å². The maximum atomic E-state index is 13.9. The van der Waals surface area contributed by atoms with Gasteiger partial charge >= 0.3 is 12.1 Å². The smallest absolute Gasteiger partial charge is 0.407 e. The molecule has 11 nitrogen and oxygen atoms in total. The number of aliphatic hydroxyl groups is 1. The molecule has 0 aliphatic carbocycles. The number of hydrogen-bond donors (Lipinski definition) is 4. The van der Waals surface area contributed by atoms with Gasteiger partial charge in [-0.25, -0.2) is 14.6 Å². The second-order valence-corrected chi connectivity index (χ2v) is 14.9. The molecule has 0 spiro atoms. The zero-order valence-corrected chi connectivity index (χ0v) is 32.1. The van der Waals surface area contributed by atoms with E-state index < -0.39 is 30.3 Å². The minimum atomic E-state index is -1.05. The Morgan fingerprint density at radius 2 is 1.55 bits per heavy atom. The van der Waals surface area contributed by atoms with E-state index in [-0.39, 0.29) is 43.3 Å². The zero-order chi connectivity index (χ0) is 36.0. The molecule has 276 valence electrons. The third kappa shape index (κ3) is 13.6. The first-order valence-electron chi connectivity index (χ1n) is 16.8. The second kappa shape index (κ2) is 20.7. The maximum Gasteiger partial charge on any atom is 0.407 e. The molecule has 2 aromatic heterocycles. The van der Waals surface area contributed by atoms with E-state index in [4.69, 9.17) is 4.74 Å². The Morgan fingerprint density at radius 3 is 2.12 bits per heavy atom. The standard InChI is InChI=1S/C37H48N6O5S2.ClH/c1-24(2)33(42-36(46)43(5)20-29-22-49-35(40-29)25(3)4)34(45)39-28(16-26-12-8-6-9-13-26)18-32(44)31(17-27-14-10-7-11-15-27)41-37(47)48-21-30-19-38-23-50-30;/h6-15,19,22-25,28,31-33,44H,16-18,20-21H2,1-5H3,(H,39,45)(H,41,47)(H,42,46);1H. The SMILES string of the molecule is CC(C)c1nc(CN(C)C(=O)NC(C(=O)NC(Cc2ccccc2)CC(O)C(Cc2ccccc2)NC(=O)OCc2cncs2)C(C)C)cs1.Cl. The number of nitrogens with one attached hydrogen (secondary N) is 3. The maximum absolute atomic E-state index is 13.9. The van der Waals surface area contributed by atoms with Crippen LogP contribution in [0.3, 0.4) is 0 Å². The number of ether oxygens (including phenoxy) is 1. The van der Waals surface area contributed by atoms with Crippen molar-refractivity contribution < 1.29 is 24.2 Å². The number of aliphatic hydroxyl groups excluding tert-OH is 1. The summed E-state index contributed by atoms with van der Waals surface area (Å²) in [4.78, 5) is 51.0. The summed E-state index contributed by atoms with van der Waals surface area (Å²) >= 11 is 2.95. The lowest BCUT2D eigenvalue weighted by molar-refractivity contribution is -0.124. The molecule has 4 amide bonds.